The minimum absolute atomic E-state index is 0.0210. The molecule has 0 radical (unpaired) electrons. The highest BCUT2D eigenvalue weighted by molar-refractivity contribution is 5.89. The fraction of sp³-hybridized carbons (Fsp3) is 0.514. The van der Waals surface area contributed by atoms with Crippen LogP contribution in [0.2, 0.25) is 0 Å². The fourth-order valence-electron chi connectivity index (χ4n) is 6.46. The van der Waals surface area contributed by atoms with Crippen molar-refractivity contribution >= 4 is 17.6 Å². The van der Waals surface area contributed by atoms with Crippen LogP contribution in [0.15, 0.2) is 84.5 Å². The minimum Gasteiger partial charge on any atom is -0.456 e. The molecule has 0 saturated carbocycles. The predicted molar refractivity (Wildman–Crippen MR) is 177 cm³/mol. The van der Waals surface area contributed by atoms with Crippen LogP contribution in [-0.2, 0) is 28.5 Å². The summed E-state index contributed by atoms with van der Waals surface area (Å²) in [5, 5.41) is 22.3. The maximum atomic E-state index is 13.2. The molecule has 0 unspecified atom stereocenters. The van der Waals surface area contributed by atoms with Gasteiger partial charge in [-0.2, -0.15) is 0 Å². The largest absolute Gasteiger partial charge is 0.456 e. The van der Waals surface area contributed by atoms with Crippen LogP contribution in [-0.4, -0.2) is 77.4 Å². The Balaban J connectivity index is 1.35. The van der Waals surface area contributed by atoms with Gasteiger partial charge in [-0.15, -0.1) is 0 Å². The molecule has 9 atom stereocenters. The predicted octanol–water partition coefficient (Wildman–Crippen LogP) is 5.88. The molecule has 48 heavy (non-hydrogen) atoms. The van der Waals surface area contributed by atoms with E-state index in [0.29, 0.717) is 32.3 Å². The number of hydrogen-bond donors (Lipinski definition) is 1. The van der Waals surface area contributed by atoms with E-state index < -0.39 is 47.4 Å². The van der Waals surface area contributed by atoms with E-state index in [0.717, 1.165) is 18.4 Å². The molecule has 1 saturated heterocycles. The third-order valence-corrected chi connectivity index (χ3v) is 8.99. The zero-order valence-corrected chi connectivity index (χ0v) is 27.5. The number of aliphatic hydroxyl groups is 1. The number of rotatable bonds is 6. The van der Waals surface area contributed by atoms with Crippen LogP contribution in [0.3, 0.4) is 0 Å². The summed E-state index contributed by atoms with van der Waals surface area (Å²) in [7, 11) is 0. The van der Waals surface area contributed by atoms with Gasteiger partial charge in [-0.1, -0.05) is 61.1 Å². The number of non-ortho nitro benzene ring substituents is 1. The summed E-state index contributed by atoms with van der Waals surface area (Å²) in [6.45, 7) is 8.95. The van der Waals surface area contributed by atoms with E-state index in [9.17, 15) is 24.8 Å². The number of fused-ring (bicyclic) bond motifs is 3. The molecule has 4 heterocycles. The molecular formula is C37H45NO10. The van der Waals surface area contributed by atoms with Crippen molar-refractivity contribution in [3.05, 3.63) is 100 Å². The molecule has 11 heteroatoms. The van der Waals surface area contributed by atoms with Crippen LogP contribution in [0.1, 0.15) is 69.2 Å². The summed E-state index contributed by atoms with van der Waals surface area (Å²) >= 11 is 0. The van der Waals surface area contributed by atoms with Crippen molar-refractivity contribution in [2.24, 2.45) is 5.92 Å². The Bertz CT molecular complexity index is 1450. The molecule has 0 spiro atoms. The molecule has 4 aliphatic heterocycles. The molecule has 0 aromatic heterocycles. The van der Waals surface area contributed by atoms with Gasteiger partial charge in [0.2, 0.25) is 0 Å². The number of nitrogens with zero attached hydrogens (tertiary/aromatic N) is 1. The molecule has 1 fully saturated rings. The quantitative estimate of drug-likeness (QED) is 0.129. The number of hydrogen-bond acceptors (Lipinski definition) is 10. The number of esters is 2. The second kappa shape index (κ2) is 16.5. The van der Waals surface area contributed by atoms with Crippen molar-refractivity contribution in [3.8, 4) is 0 Å². The van der Waals surface area contributed by atoms with Gasteiger partial charge in [-0.25, -0.2) is 9.59 Å². The normalized spacial score (nSPS) is 32.9. The van der Waals surface area contributed by atoms with Gasteiger partial charge in [0.25, 0.3) is 5.69 Å². The Labute approximate surface area is 281 Å². The first-order valence-electron chi connectivity index (χ1n) is 16.6. The molecule has 4 aliphatic rings. The van der Waals surface area contributed by atoms with Gasteiger partial charge in [-0.05, 0) is 57.1 Å². The number of nitro benzene ring substituents is 1. The van der Waals surface area contributed by atoms with Crippen molar-refractivity contribution in [2.45, 2.75) is 108 Å². The number of cyclic esters (lactones) is 1. The number of epoxide rings is 1. The minimum atomic E-state index is -1.14. The summed E-state index contributed by atoms with van der Waals surface area (Å²) in [5.41, 5.74) is 2.11. The standard InChI is InChI=1S/C37H45NO10/c1-23-16-17-44-29(19-23)14-15-31(39)32-22-34-36(47-34)33(48-37(41)26-10-12-27(13-11-26)38(42)43)21-25(3)18-24(2)20-30-8-4-6-28(45-30)7-5-9-35(40)46-32/h4-6,9-16,24,28-34,36,39H,3,7-8,17-22H2,1-2H3/b9-5-,15-14+/t24-,28-,29+,30-,31-,32-,33-,34+,36+/m0/s1. The average Bonchev–Trinajstić information content (AvgIpc) is 3.82. The summed E-state index contributed by atoms with van der Waals surface area (Å²) in [6, 6.07) is 5.22. The van der Waals surface area contributed by atoms with Crippen LogP contribution in [0, 0.1) is 16.0 Å². The lowest BCUT2D eigenvalue weighted by Crippen LogP contribution is -2.33. The van der Waals surface area contributed by atoms with Gasteiger partial charge in [0.15, 0.2) is 0 Å². The van der Waals surface area contributed by atoms with Crippen molar-refractivity contribution in [1.29, 1.82) is 0 Å². The van der Waals surface area contributed by atoms with Gasteiger partial charge in [0.1, 0.15) is 24.4 Å². The average molecular weight is 664 g/mol. The topological polar surface area (TPSA) is 147 Å². The van der Waals surface area contributed by atoms with Gasteiger partial charge in [-0.3, -0.25) is 10.1 Å². The summed E-state index contributed by atoms with van der Waals surface area (Å²) in [6.07, 6.45) is 12.4. The molecule has 0 amide bonds. The van der Waals surface area contributed by atoms with E-state index in [1.807, 2.05) is 19.1 Å². The smallest absolute Gasteiger partial charge is 0.338 e. The molecule has 11 nitrogen and oxygen atoms in total. The number of ether oxygens (including phenoxy) is 5. The first-order valence-corrected chi connectivity index (χ1v) is 16.6. The Morgan fingerprint density at radius 1 is 1.12 bits per heavy atom. The van der Waals surface area contributed by atoms with Crippen molar-refractivity contribution in [3.63, 3.8) is 0 Å². The van der Waals surface area contributed by atoms with Crippen LogP contribution in [0.25, 0.3) is 0 Å². The lowest BCUT2D eigenvalue weighted by Gasteiger charge is -2.28. The molecule has 2 bridgehead atoms. The van der Waals surface area contributed by atoms with Crippen LogP contribution >= 0.6 is 0 Å². The Kier molecular flexibility index (Phi) is 12.2. The summed E-state index contributed by atoms with van der Waals surface area (Å²) < 4.78 is 29.8. The zero-order valence-electron chi connectivity index (χ0n) is 27.5. The fourth-order valence-corrected chi connectivity index (χ4v) is 6.46. The highest BCUT2D eigenvalue weighted by atomic mass is 16.6. The molecule has 258 valence electrons. The van der Waals surface area contributed by atoms with E-state index in [4.69, 9.17) is 23.7 Å². The summed E-state index contributed by atoms with van der Waals surface area (Å²) in [5.74, 6) is -0.994. The van der Waals surface area contributed by atoms with Crippen molar-refractivity contribution in [1.82, 2.24) is 0 Å². The number of aliphatic hydroxyl groups excluding tert-OH is 1. The Morgan fingerprint density at radius 3 is 2.67 bits per heavy atom. The van der Waals surface area contributed by atoms with Crippen LogP contribution in [0.4, 0.5) is 5.69 Å². The van der Waals surface area contributed by atoms with E-state index in [1.54, 1.807) is 18.2 Å². The first-order chi connectivity index (χ1) is 23.0. The second-order valence-electron chi connectivity index (χ2n) is 13.2. The molecule has 1 aromatic carbocycles. The van der Waals surface area contributed by atoms with E-state index in [1.165, 1.54) is 35.9 Å². The van der Waals surface area contributed by atoms with E-state index >= 15 is 0 Å². The molecule has 1 N–H and O–H groups in total. The van der Waals surface area contributed by atoms with Gasteiger partial charge < -0.3 is 28.8 Å². The van der Waals surface area contributed by atoms with Crippen LogP contribution in [0.5, 0.6) is 0 Å². The Morgan fingerprint density at radius 2 is 1.92 bits per heavy atom. The van der Waals surface area contributed by atoms with E-state index in [2.05, 4.69) is 19.6 Å². The second-order valence-corrected chi connectivity index (χ2v) is 13.2. The zero-order chi connectivity index (χ0) is 34.2. The number of carbonyl (C=O) groups is 2. The highest BCUT2D eigenvalue weighted by Gasteiger charge is 2.49. The molecule has 1 aromatic rings. The maximum Gasteiger partial charge on any atom is 0.338 e. The molecular weight excluding hydrogens is 618 g/mol. The SMILES string of the molecule is C=C1C[C@H](C)C[C@@H]2CC=C[C@@H](C/C=C\C(=O)O[C@H]([C@@H](O)/C=C/[C@@H]3CC(C)=CCO3)C[C@H]3O[C@@H]3[C@@H](OC(=O)c3ccc([N+](=O)[O-])cc3)C1)O2. The first kappa shape index (κ1) is 35.4. The lowest BCUT2D eigenvalue weighted by atomic mass is 9.90. The number of nitro groups is 1. The van der Waals surface area contributed by atoms with Crippen molar-refractivity contribution < 1.29 is 43.3 Å². The van der Waals surface area contributed by atoms with Gasteiger partial charge in [0.05, 0.1) is 41.5 Å². The van der Waals surface area contributed by atoms with Gasteiger partial charge >= 0.3 is 11.9 Å². The lowest BCUT2D eigenvalue weighted by molar-refractivity contribution is -0.384. The third kappa shape index (κ3) is 10.3. The monoisotopic (exact) mass is 663 g/mol. The van der Waals surface area contributed by atoms with Crippen LogP contribution < -0.4 is 0 Å². The summed E-state index contributed by atoms with van der Waals surface area (Å²) in [4.78, 5) is 36.7. The number of benzene rings is 1. The Hall–Kier alpha value is -3.90. The third-order valence-electron chi connectivity index (χ3n) is 8.99. The molecule has 5 rings (SSSR count). The van der Waals surface area contributed by atoms with E-state index in [-0.39, 0.29) is 41.9 Å². The highest BCUT2D eigenvalue weighted by Crippen LogP contribution is 2.37. The van der Waals surface area contributed by atoms with Gasteiger partial charge in [0, 0.05) is 31.1 Å². The van der Waals surface area contributed by atoms with Crippen molar-refractivity contribution in [2.75, 3.05) is 6.61 Å². The molecule has 0 aliphatic carbocycles. The maximum absolute atomic E-state index is 13.2. The number of carbonyl (C=O) groups excluding carboxylic acids is 2.